The molecular weight excluding hydrogens is 192 g/mol. The lowest BCUT2D eigenvalue weighted by atomic mass is 10.1. The zero-order valence-electron chi connectivity index (χ0n) is 7.94. The molecule has 2 N–H and O–H groups in total. The summed E-state index contributed by atoms with van der Waals surface area (Å²) in [6, 6.07) is 0. The van der Waals surface area contributed by atoms with Gasteiger partial charge in [-0.05, 0) is 12.8 Å². The average Bonchev–Trinajstić information content (AvgIpc) is 2.06. The highest BCUT2D eigenvalue weighted by Gasteiger charge is 2.13. The first-order valence-electron chi connectivity index (χ1n) is 4.47. The van der Waals surface area contributed by atoms with Crippen molar-refractivity contribution in [3.05, 3.63) is 0 Å². The van der Waals surface area contributed by atoms with Gasteiger partial charge >= 0.3 is 0 Å². The highest BCUT2D eigenvalue weighted by molar-refractivity contribution is 7.91. The van der Waals surface area contributed by atoms with Crippen molar-refractivity contribution in [2.75, 3.05) is 24.7 Å². The number of hydrogen-bond donors (Lipinski definition) is 2. The van der Waals surface area contributed by atoms with Crippen LogP contribution < -0.4 is 0 Å². The van der Waals surface area contributed by atoms with E-state index in [-0.39, 0.29) is 30.6 Å². The molecule has 0 amide bonds. The van der Waals surface area contributed by atoms with Crippen molar-refractivity contribution < 1.29 is 18.6 Å². The van der Waals surface area contributed by atoms with E-state index in [4.69, 9.17) is 10.2 Å². The average molecular weight is 210 g/mol. The first-order valence-corrected chi connectivity index (χ1v) is 6.30. The summed E-state index contributed by atoms with van der Waals surface area (Å²) in [7, 11) is -2.97. The highest BCUT2D eigenvalue weighted by atomic mass is 32.2. The van der Waals surface area contributed by atoms with Gasteiger partial charge in [0, 0.05) is 24.9 Å². The van der Waals surface area contributed by atoms with Gasteiger partial charge in [-0.25, -0.2) is 8.42 Å². The van der Waals surface area contributed by atoms with Gasteiger partial charge in [-0.2, -0.15) is 0 Å². The van der Waals surface area contributed by atoms with E-state index >= 15 is 0 Å². The minimum atomic E-state index is -2.97. The van der Waals surface area contributed by atoms with Crippen molar-refractivity contribution >= 4 is 9.84 Å². The van der Waals surface area contributed by atoms with Crippen LogP contribution in [0.2, 0.25) is 0 Å². The molecule has 80 valence electrons. The second-order valence-electron chi connectivity index (χ2n) is 3.17. The van der Waals surface area contributed by atoms with Crippen molar-refractivity contribution in [3.63, 3.8) is 0 Å². The molecule has 0 aliphatic rings. The summed E-state index contributed by atoms with van der Waals surface area (Å²) < 4.78 is 22.4. The van der Waals surface area contributed by atoms with E-state index in [1.165, 1.54) is 0 Å². The minimum Gasteiger partial charge on any atom is -0.396 e. The lowest BCUT2D eigenvalue weighted by Crippen LogP contribution is -2.18. The maximum Gasteiger partial charge on any atom is 0.150 e. The molecule has 0 aromatic heterocycles. The minimum absolute atomic E-state index is 0.0621. The fraction of sp³-hybridized carbons (Fsp3) is 1.00. The third-order valence-electron chi connectivity index (χ3n) is 1.87. The van der Waals surface area contributed by atoms with Crippen LogP contribution in [0, 0.1) is 5.92 Å². The Morgan fingerprint density at radius 1 is 1.15 bits per heavy atom. The summed E-state index contributed by atoms with van der Waals surface area (Å²) in [4.78, 5) is 0. The Bertz CT molecular complexity index is 206. The summed E-state index contributed by atoms with van der Waals surface area (Å²) in [5, 5.41) is 17.4. The molecule has 0 saturated heterocycles. The Hall–Kier alpha value is -0.130. The molecule has 0 saturated carbocycles. The smallest absolute Gasteiger partial charge is 0.150 e. The Morgan fingerprint density at radius 3 is 2.08 bits per heavy atom. The maximum absolute atomic E-state index is 11.2. The van der Waals surface area contributed by atoms with Gasteiger partial charge in [-0.15, -0.1) is 0 Å². The second-order valence-corrected chi connectivity index (χ2v) is 5.48. The number of rotatable bonds is 7. The number of sulfone groups is 1. The van der Waals surface area contributed by atoms with Crippen LogP contribution >= 0.6 is 0 Å². The molecule has 0 aliphatic carbocycles. The van der Waals surface area contributed by atoms with E-state index in [0.717, 1.165) is 0 Å². The second kappa shape index (κ2) is 6.34. The van der Waals surface area contributed by atoms with Gasteiger partial charge in [0.15, 0.2) is 0 Å². The van der Waals surface area contributed by atoms with E-state index in [9.17, 15) is 8.42 Å². The van der Waals surface area contributed by atoms with E-state index in [2.05, 4.69) is 0 Å². The van der Waals surface area contributed by atoms with Crippen molar-refractivity contribution in [2.45, 2.75) is 19.8 Å². The lowest BCUT2D eigenvalue weighted by Gasteiger charge is -2.09. The molecule has 4 nitrogen and oxygen atoms in total. The molecule has 0 spiro atoms. The van der Waals surface area contributed by atoms with Crippen LogP contribution in [-0.4, -0.2) is 43.4 Å². The normalized spacial score (nSPS) is 12.3. The lowest BCUT2D eigenvalue weighted by molar-refractivity contribution is 0.148. The summed E-state index contributed by atoms with van der Waals surface area (Å²) in [6.07, 6.45) is 0.959. The molecule has 0 aliphatic heterocycles. The first kappa shape index (κ1) is 12.9. The molecule has 0 atom stereocenters. The van der Waals surface area contributed by atoms with Gasteiger partial charge in [0.05, 0.1) is 5.75 Å². The van der Waals surface area contributed by atoms with Crippen molar-refractivity contribution in [3.8, 4) is 0 Å². The SMILES string of the molecule is CCCS(=O)(=O)CCC(CO)CO. The fourth-order valence-electron chi connectivity index (χ4n) is 1.000. The Kier molecular flexibility index (Phi) is 6.28. The van der Waals surface area contributed by atoms with E-state index in [1.807, 2.05) is 6.92 Å². The molecule has 0 unspecified atom stereocenters. The Morgan fingerprint density at radius 2 is 1.69 bits per heavy atom. The van der Waals surface area contributed by atoms with Gasteiger partial charge in [0.25, 0.3) is 0 Å². The Labute approximate surface area is 79.5 Å². The topological polar surface area (TPSA) is 74.6 Å². The molecule has 0 heterocycles. The van der Waals surface area contributed by atoms with Crippen LogP contribution in [0.15, 0.2) is 0 Å². The molecule has 0 fully saturated rings. The summed E-state index contributed by atoms with van der Waals surface area (Å²) in [5.41, 5.74) is 0. The molecule has 13 heavy (non-hydrogen) atoms. The van der Waals surface area contributed by atoms with Crippen molar-refractivity contribution in [2.24, 2.45) is 5.92 Å². The molecule has 5 heteroatoms. The van der Waals surface area contributed by atoms with Crippen LogP contribution in [-0.2, 0) is 9.84 Å². The highest BCUT2D eigenvalue weighted by Crippen LogP contribution is 2.05. The summed E-state index contributed by atoms with van der Waals surface area (Å²) >= 11 is 0. The van der Waals surface area contributed by atoms with Crippen LogP contribution in [0.1, 0.15) is 19.8 Å². The first-order chi connectivity index (χ1) is 6.05. The van der Waals surface area contributed by atoms with E-state index in [0.29, 0.717) is 12.8 Å². The third kappa shape index (κ3) is 6.01. The Balaban J connectivity index is 3.86. The van der Waals surface area contributed by atoms with E-state index < -0.39 is 9.84 Å². The standard InChI is InChI=1S/C8H18O4S/c1-2-4-13(11,12)5-3-8(6-9)7-10/h8-10H,2-7H2,1H3. The predicted octanol–water partition coefficient (Wildman–Crippen LogP) is -0.198. The van der Waals surface area contributed by atoms with Crippen LogP contribution in [0.25, 0.3) is 0 Å². The van der Waals surface area contributed by atoms with Gasteiger partial charge < -0.3 is 10.2 Å². The zero-order chi connectivity index (χ0) is 10.3. The molecule has 0 aromatic rings. The van der Waals surface area contributed by atoms with Crippen LogP contribution in [0.4, 0.5) is 0 Å². The van der Waals surface area contributed by atoms with Gasteiger partial charge in [0.1, 0.15) is 9.84 Å². The van der Waals surface area contributed by atoms with Gasteiger partial charge in [-0.3, -0.25) is 0 Å². The number of aliphatic hydroxyl groups is 2. The third-order valence-corrected chi connectivity index (χ3v) is 3.76. The van der Waals surface area contributed by atoms with Gasteiger partial charge in [-0.1, -0.05) is 6.92 Å². The number of hydrogen-bond acceptors (Lipinski definition) is 4. The monoisotopic (exact) mass is 210 g/mol. The van der Waals surface area contributed by atoms with E-state index in [1.54, 1.807) is 0 Å². The zero-order valence-corrected chi connectivity index (χ0v) is 8.76. The molecular formula is C8H18O4S. The van der Waals surface area contributed by atoms with Crippen LogP contribution in [0.3, 0.4) is 0 Å². The summed E-state index contributed by atoms with van der Waals surface area (Å²) in [5.74, 6) is -0.0462. The number of aliphatic hydroxyl groups excluding tert-OH is 2. The molecule has 0 rings (SSSR count). The van der Waals surface area contributed by atoms with Crippen molar-refractivity contribution in [1.82, 2.24) is 0 Å². The largest absolute Gasteiger partial charge is 0.396 e. The van der Waals surface area contributed by atoms with Crippen LogP contribution in [0.5, 0.6) is 0 Å². The quantitative estimate of drug-likeness (QED) is 0.610. The summed E-state index contributed by atoms with van der Waals surface area (Å²) in [6.45, 7) is 1.50. The van der Waals surface area contributed by atoms with Gasteiger partial charge in [0.2, 0.25) is 0 Å². The molecule has 0 bridgehead atoms. The maximum atomic E-state index is 11.2. The molecule has 0 aromatic carbocycles. The van der Waals surface area contributed by atoms with Crippen molar-refractivity contribution in [1.29, 1.82) is 0 Å². The predicted molar refractivity (Wildman–Crippen MR) is 51.2 cm³/mol. The molecule has 0 radical (unpaired) electrons. The fourth-order valence-corrected chi connectivity index (χ4v) is 2.52.